The third kappa shape index (κ3) is 3.18. The van der Waals surface area contributed by atoms with E-state index >= 15 is 0 Å². The molecule has 8 heteroatoms. The summed E-state index contributed by atoms with van der Waals surface area (Å²) in [5, 5.41) is 21.6. The van der Waals surface area contributed by atoms with Gasteiger partial charge in [0.2, 0.25) is 5.75 Å². The first kappa shape index (κ1) is 14.1. The van der Waals surface area contributed by atoms with Crippen LogP contribution in [0, 0.1) is 20.2 Å². The largest absolute Gasteiger partial charge is 0.450 e. The van der Waals surface area contributed by atoms with Crippen molar-refractivity contribution in [1.82, 2.24) is 0 Å². The molecule has 0 aliphatic heterocycles. The van der Waals surface area contributed by atoms with Crippen molar-refractivity contribution in [3.8, 4) is 11.5 Å². The van der Waals surface area contributed by atoms with E-state index in [1.165, 1.54) is 30.3 Å². The van der Waals surface area contributed by atoms with Crippen LogP contribution >= 0.6 is 0 Å². The minimum absolute atomic E-state index is 0.0890. The maximum Gasteiger partial charge on any atom is 0.312 e. The van der Waals surface area contributed by atoms with Crippen LogP contribution in [-0.2, 0) is 0 Å². The van der Waals surface area contributed by atoms with Gasteiger partial charge in [-0.1, -0.05) is 6.07 Å². The average molecular weight is 288 g/mol. The molecule has 21 heavy (non-hydrogen) atoms. The zero-order valence-corrected chi connectivity index (χ0v) is 10.5. The molecule has 0 aliphatic carbocycles. The van der Waals surface area contributed by atoms with Gasteiger partial charge >= 0.3 is 5.69 Å². The third-order valence-electron chi connectivity index (χ3n) is 2.57. The highest BCUT2D eigenvalue weighted by molar-refractivity contribution is 5.77. The molecule has 0 unspecified atom stereocenters. The first-order chi connectivity index (χ1) is 10.0. The smallest absolute Gasteiger partial charge is 0.312 e. The summed E-state index contributed by atoms with van der Waals surface area (Å²) < 4.78 is 5.30. The van der Waals surface area contributed by atoms with E-state index in [-0.39, 0.29) is 22.7 Å². The van der Waals surface area contributed by atoms with Gasteiger partial charge in [-0.25, -0.2) is 0 Å². The number of hydrogen-bond acceptors (Lipinski definition) is 6. The molecule has 106 valence electrons. The molecular formula is C13H8N2O6. The number of rotatable bonds is 5. The van der Waals surface area contributed by atoms with E-state index in [1.807, 2.05) is 0 Å². The van der Waals surface area contributed by atoms with Crippen LogP contribution in [0.5, 0.6) is 11.5 Å². The molecule has 0 aliphatic rings. The lowest BCUT2D eigenvalue weighted by Crippen LogP contribution is -1.95. The van der Waals surface area contributed by atoms with Gasteiger partial charge in [-0.2, -0.15) is 0 Å². The Labute approximate surface area is 117 Å². The lowest BCUT2D eigenvalue weighted by molar-refractivity contribution is -0.386. The maximum atomic E-state index is 11.0. The van der Waals surface area contributed by atoms with Crippen LogP contribution < -0.4 is 4.74 Å². The summed E-state index contributed by atoms with van der Waals surface area (Å²) in [4.78, 5) is 31.0. The Morgan fingerprint density at radius 3 is 2.38 bits per heavy atom. The predicted octanol–water partition coefficient (Wildman–Crippen LogP) is 3.11. The molecule has 0 saturated heterocycles. The van der Waals surface area contributed by atoms with Crippen LogP contribution in [0.1, 0.15) is 10.4 Å². The van der Waals surface area contributed by atoms with Gasteiger partial charge < -0.3 is 4.74 Å². The maximum absolute atomic E-state index is 11.0. The van der Waals surface area contributed by atoms with Crippen molar-refractivity contribution in [3.05, 3.63) is 68.3 Å². The predicted molar refractivity (Wildman–Crippen MR) is 71.7 cm³/mol. The van der Waals surface area contributed by atoms with Gasteiger partial charge in [0, 0.05) is 17.7 Å². The van der Waals surface area contributed by atoms with E-state index < -0.39 is 15.5 Å². The Morgan fingerprint density at radius 2 is 1.76 bits per heavy atom. The number of benzene rings is 2. The molecule has 0 spiro atoms. The van der Waals surface area contributed by atoms with E-state index in [9.17, 15) is 25.0 Å². The summed E-state index contributed by atoms with van der Waals surface area (Å²) >= 11 is 0. The molecule has 2 rings (SSSR count). The topological polar surface area (TPSA) is 113 Å². The van der Waals surface area contributed by atoms with Gasteiger partial charge in [-0.05, 0) is 18.2 Å². The summed E-state index contributed by atoms with van der Waals surface area (Å²) in [6.07, 6.45) is 0.476. The number of ether oxygens (including phenoxy) is 1. The Hall–Kier alpha value is -3.29. The van der Waals surface area contributed by atoms with Crippen molar-refractivity contribution >= 4 is 17.7 Å². The molecule has 0 saturated carbocycles. The Balaban J connectivity index is 2.39. The Morgan fingerprint density at radius 1 is 1.00 bits per heavy atom. The van der Waals surface area contributed by atoms with Crippen molar-refractivity contribution < 1.29 is 19.4 Å². The number of nitro benzene ring substituents is 2. The van der Waals surface area contributed by atoms with Crippen LogP contribution in [0.15, 0.2) is 42.5 Å². The van der Waals surface area contributed by atoms with E-state index in [2.05, 4.69) is 0 Å². The summed E-state index contributed by atoms with van der Waals surface area (Å²) in [6.45, 7) is 0. The van der Waals surface area contributed by atoms with Gasteiger partial charge in [0.1, 0.15) is 12.0 Å². The summed E-state index contributed by atoms with van der Waals surface area (Å²) in [6, 6.07) is 8.95. The molecule has 2 aromatic rings. The van der Waals surface area contributed by atoms with Crippen LogP contribution in [0.25, 0.3) is 0 Å². The van der Waals surface area contributed by atoms with Crippen LogP contribution in [0.3, 0.4) is 0 Å². The second-order valence-corrected chi connectivity index (χ2v) is 3.96. The van der Waals surface area contributed by atoms with Gasteiger partial charge in [0.25, 0.3) is 5.69 Å². The molecule has 0 aromatic heterocycles. The van der Waals surface area contributed by atoms with Gasteiger partial charge in [-0.3, -0.25) is 25.0 Å². The molecular weight excluding hydrogens is 280 g/mol. The average Bonchev–Trinajstić information content (AvgIpc) is 2.47. The lowest BCUT2D eigenvalue weighted by Gasteiger charge is -2.06. The van der Waals surface area contributed by atoms with Gasteiger partial charge in [0.15, 0.2) is 0 Å². The van der Waals surface area contributed by atoms with Gasteiger partial charge in [-0.15, -0.1) is 0 Å². The fourth-order valence-corrected chi connectivity index (χ4v) is 1.62. The van der Waals surface area contributed by atoms with Crippen molar-refractivity contribution in [2.24, 2.45) is 0 Å². The van der Waals surface area contributed by atoms with Crippen molar-refractivity contribution in [2.45, 2.75) is 0 Å². The van der Waals surface area contributed by atoms with Crippen molar-refractivity contribution in [3.63, 3.8) is 0 Å². The molecule has 0 radical (unpaired) electrons. The van der Waals surface area contributed by atoms with Crippen LogP contribution in [0.4, 0.5) is 11.4 Å². The highest BCUT2D eigenvalue weighted by atomic mass is 16.6. The number of non-ortho nitro benzene ring substituents is 1. The Bertz CT molecular complexity index is 728. The fraction of sp³-hybridized carbons (Fsp3) is 0. The molecule has 0 N–H and O–H groups in total. The second kappa shape index (κ2) is 5.78. The minimum Gasteiger partial charge on any atom is -0.450 e. The first-order valence-corrected chi connectivity index (χ1v) is 5.67. The third-order valence-corrected chi connectivity index (χ3v) is 2.57. The summed E-state index contributed by atoms with van der Waals surface area (Å²) in [5.41, 5.74) is -0.459. The Kier molecular flexibility index (Phi) is 3.89. The quantitative estimate of drug-likeness (QED) is 0.474. The molecule has 8 nitrogen and oxygen atoms in total. The number of hydrogen-bond donors (Lipinski definition) is 0. The number of carbonyl (C=O) groups excluding carboxylic acids is 1. The molecule has 0 amide bonds. The van der Waals surface area contributed by atoms with Crippen LogP contribution in [0.2, 0.25) is 0 Å². The monoisotopic (exact) mass is 288 g/mol. The molecule has 0 fully saturated rings. The summed E-state index contributed by atoms with van der Waals surface area (Å²) in [5.74, 6) is -0.0164. The zero-order valence-electron chi connectivity index (χ0n) is 10.5. The molecule has 0 bridgehead atoms. The van der Waals surface area contributed by atoms with Crippen molar-refractivity contribution in [1.29, 1.82) is 0 Å². The number of carbonyl (C=O) groups is 1. The first-order valence-electron chi connectivity index (χ1n) is 5.67. The summed E-state index contributed by atoms with van der Waals surface area (Å²) in [7, 11) is 0. The highest BCUT2D eigenvalue weighted by Crippen LogP contribution is 2.33. The standard InChI is InChI=1S/C13H8N2O6/c16-8-9-4-5-13(12(6-9)15(19)20)21-11-3-1-2-10(7-11)14(17)18/h1-8H. The normalized spacial score (nSPS) is 9.90. The number of aldehydes is 1. The molecule has 0 atom stereocenters. The number of nitro groups is 2. The van der Waals surface area contributed by atoms with E-state index in [0.29, 0.717) is 6.29 Å². The lowest BCUT2D eigenvalue weighted by atomic mass is 10.2. The van der Waals surface area contributed by atoms with E-state index in [0.717, 1.165) is 12.1 Å². The van der Waals surface area contributed by atoms with E-state index in [1.54, 1.807) is 0 Å². The highest BCUT2D eigenvalue weighted by Gasteiger charge is 2.17. The number of nitrogens with zero attached hydrogens (tertiary/aromatic N) is 2. The molecule has 2 aromatic carbocycles. The fourth-order valence-electron chi connectivity index (χ4n) is 1.62. The van der Waals surface area contributed by atoms with E-state index in [4.69, 9.17) is 4.74 Å². The minimum atomic E-state index is -0.695. The zero-order chi connectivity index (χ0) is 15.4. The second-order valence-electron chi connectivity index (χ2n) is 3.96. The van der Waals surface area contributed by atoms with Gasteiger partial charge in [0.05, 0.1) is 15.9 Å². The van der Waals surface area contributed by atoms with Crippen molar-refractivity contribution in [2.75, 3.05) is 0 Å². The molecule has 0 heterocycles. The SMILES string of the molecule is O=Cc1ccc(Oc2cccc([N+](=O)[O-])c2)c([N+](=O)[O-])c1. The van der Waals surface area contributed by atoms with Crippen LogP contribution in [-0.4, -0.2) is 16.1 Å².